The molecule has 0 radical (unpaired) electrons. The maximum absolute atomic E-state index is 5.83. The summed E-state index contributed by atoms with van der Waals surface area (Å²) in [6, 6.07) is 14.4. The quantitative estimate of drug-likeness (QED) is 0.855. The zero-order valence-corrected chi connectivity index (χ0v) is 11.1. The van der Waals surface area contributed by atoms with Crippen LogP contribution >= 0.6 is 0 Å². The lowest BCUT2D eigenvalue weighted by Gasteiger charge is -2.18. The second-order valence-corrected chi connectivity index (χ2v) is 4.81. The summed E-state index contributed by atoms with van der Waals surface area (Å²) in [6.45, 7) is 4.57. The van der Waals surface area contributed by atoms with Crippen LogP contribution in [0.4, 0.5) is 11.4 Å². The molecule has 0 amide bonds. The number of anilines is 2. The van der Waals surface area contributed by atoms with Crippen LogP contribution in [0, 0.1) is 0 Å². The third-order valence-corrected chi connectivity index (χ3v) is 3.47. The molecule has 2 aromatic rings. The minimum atomic E-state index is 0.702. The molecule has 3 heteroatoms. The van der Waals surface area contributed by atoms with E-state index in [-0.39, 0.29) is 0 Å². The molecule has 3 nitrogen and oxygen atoms in total. The van der Waals surface area contributed by atoms with Gasteiger partial charge in [-0.1, -0.05) is 6.07 Å². The number of benzene rings is 2. The van der Waals surface area contributed by atoms with Crippen molar-refractivity contribution in [3.8, 4) is 5.75 Å². The van der Waals surface area contributed by atoms with Crippen molar-refractivity contribution in [3.05, 3.63) is 53.6 Å². The maximum atomic E-state index is 5.83. The molecule has 19 heavy (non-hydrogen) atoms. The molecule has 3 rings (SSSR count). The van der Waals surface area contributed by atoms with Gasteiger partial charge in [-0.05, 0) is 54.4 Å². The Morgan fingerprint density at radius 1 is 1.05 bits per heavy atom. The third kappa shape index (κ3) is 2.36. The Bertz CT molecular complexity index is 578. The van der Waals surface area contributed by atoms with E-state index in [1.807, 2.05) is 25.1 Å². The number of hydrogen-bond donors (Lipinski definition) is 1. The number of fused-ring (bicyclic) bond motifs is 1. The van der Waals surface area contributed by atoms with Gasteiger partial charge in [0.1, 0.15) is 5.75 Å². The summed E-state index contributed by atoms with van der Waals surface area (Å²) < 4.78 is 5.47. The van der Waals surface area contributed by atoms with Gasteiger partial charge in [0.05, 0.1) is 6.61 Å². The first kappa shape index (κ1) is 11.9. The molecule has 0 bridgehead atoms. The first-order valence-corrected chi connectivity index (χ1v) is 6.61. The van der Waals surface area contributed by atoms with Crippen LogP contribution in [0.15, 0.2) is 42.5 Å². The molecule has 0 aromatic heterocycles. The molecule has 0 unspecified atom stereocenters. The first-order valence-electron chi connectivity index (χ1n) is 6.61. The van der Waals surface area contributed by atoms with Crippen molar-refractivity contribution in [1.82, 2.24) is 0 Å². The summed E-state index contributed by atoms with van der Waals surface area (Å²) in [4.78, 5) is 2.35. The number of nitrogens with two attached hydrogens (primary N) is 1. The van der Waals surface area contributed by atoms with Crippen LogP contribution in [0.25, 0.3) is 0 Å². The molecular weight excluding hydrogens is 236 g/mol. The molecule has 2 aromatic carbocycles. The lowest BCUT2D eigenvalue weighted by atomic mass is 10.1. The van der Waals surface area contributed by atoms with Gasteiger partial charge in [0.25, 0.3) is 0 Å². The van der Waals surface area contributed by atoms with Crippen molar-refractivity contribution in [2.45, 2.75) is 20.0 Å². The molecule has 2 N–H and O–H groups in total. The largest absolute Gasteiger partial charge is 0.494 e. The minimum absolute atomic E-state index is 0.702. The normalized spacial score (nSPS) is 13.4. The average Bonchev–Trinajstić information content (AvgIpc) is 2.83. The minimum Gasteiger partial charge on any atom is -0.494 e. The molecule has 1 aliphatic heterocycles. The van der Waals surface area contributed by atoms with Crippen molar-refractivity contribution in [2.75, 3.05) is 17.2 Å². The van der Waals surface area contributed by atoms with E-state index in [0.29, 0.717) is 6.61 Å². The molecular formula is C16H18N2O. The Hall–Kier alpha value is -2.16. The molecule has 0 spiro atoms. The number of ether oxygens (including phenoxy) is 1. The summed E-state index contributed by atoms with van der Waals surface area (Å²) >= 11 is 0. The van der Waals surface area contributed by atoms with Crippen LogP contribution in [0.1, 0.15) is 18.1 Å². The summed E-state index contributed by atoms with van der Waals surface area (Å²) in [5, 5.41) is 0. The van der Waals surface area contributed by atoms with Crippen LogP contribution in [0.3, 0.4) is 0 Å². The van der Waals surface area contributed by atoms with E-state index in [1.54, 1.807) is 0 Å². The first-order chi connectivity index (χ1) is 9.26. The van der Waals surface area contributed by atoms with Crippen LogP contribution in [0.5, 0.6) is 5.75 Å². The zero-order chi connectivity index (χ0) is 13.2. The van der Waals surface area contributed by atoms with Crippen molar-refractivity contribution in [3.63, 3.8) is 0 Å². The van der Waals surface area contributed by atoms with E-state index in [2.05, 4.69) is 29.2 Å². The standard InChI is InChI=1S/C16H18N2O/c1-2-19-16-7-5-15(6-8-16)18-10-12-3-4-14(17)9-13(12)11-18/h3-9H,2,10-11,17H2,1H3. The van der Waals surface area contributed by atoms with Gasteiger partial charge in [0, 0.05) is 24.5 Å². The van der Waals surface area contributed by atoms with Crippen molar-refractivity contribution in [1.29, 1.82) is 0 Å². The SMILES string of the molecule is CCOc1ccc(N2Cc3ccc(N)cc3C2)cc1. The number of rotatable bonds is 3. The number of nitrogen functional groups attached to an aromatic ring is 1. The molecule has 0 aliphatic carbocycles. The molecule has 0 saturated carbocycles. The molecule has 0 atom stereocenters. The Morgan fingerprint density at radius 3 is 2.53 bits per heavy atom. The van der Waals surface area contributed by atoms with Gasteiger partial charge < -0.3 is 15.4 Å². The average molecular weight is 254 g/mol. The highest BCUT2D eigenvalue weighted by atomic mass is 16.5. The Labute approximate surface area is 113 Å². The van der Waals surface area contributed by atoms with Gasteiger partial charge in [0.15, 0.2) is 0 Å². The Morgan fingerprint density at radius 2 is 1.79 bits per heavy atom. The van der Waals surface area contributed by atoms with Crippen LogP contribution < -0.4 is 15.4 Å². The van der Waals surface area contributed by atoms with Gasteiger partial charge >= 0.3 is 0 Å². The third-order valence-electron chi connectivity index (χ3n) is 3.47. The zero-order valence-electron chi connectivity index (χ0n) is 11.1. The van der Waals surface area contributed by atoms with E-state index >= 15 is 0 Å². The van der Waals surface area contributed by atoms with E-state index in [0.717, 1.165) is 24.5 Å². The second-order valence-electron chi connectivity index (χ2n) is 4.81. The number of nitrogens with zero attached hydrogens (tertiary/aromatic N) is 1. The van der Waals surface area contributed by atoms with Gasteiger partial charge in [-0.15, -0.1) is 0 Å². The summed E-state index contributed by atoms with van der Waals surface area (Å²) in [5.41, 5.74) is 10.6. The molecule has 0 saturated heterocycles. The smallest absolute Gasteiger partial charge is 0.119 e. The van der Waals surface area contributed by atoms with E-state index in [1.165, 1.54) is 16.8 Å². The lowest BCUT2D eigenvalue weighted by molar-refractivity contribution is 0.340. The van der Waals surface area contributed by atoms with Gasteiger partial charge in [-0.25, -0.2) is 0 Å². The highest BCUT2D eigenvalue weighted by Crippen LogP contribution is 2.30. The molecule has 1 heterocycles. The van der Waals surface area contributed by atoms with E-state index < -0.39 is 0 Å². The maximum Gasteiger partial charge on any atom is 0.119 e. The summed E-state index contributed by atoms with van der Waals surface area (Å²) in [7, 11) is 0. The van der Waals surface area contributed by atoms with Gasteiger partial charge in [-0.3, -0.25) is 0 Å². The summed E-state index contributed by atoms with van der Waals surface area (Å²) in [5.74, 6) is 0.923. The van der Waals surface area contributed by atoms with Crippen molar-refractivity contribution < 1.29 is 4.74 Å². The highest BCUT2D eigenvalue weighted by molar-refractivity contribution is 5.56. The van der Waals surface area contributed by atoms with Gasteiger partial charge in [0.2, 0.25) is 0 Å². The van der Waals surface area contributed by atoms with Crippen LogP contribution in [0.2, 0.25) is 0 Å². The summed E-state index contributed by atoms with van der Waals surface area (Å²) in [6.07, 6.45) is 0. The molecule has 1 aliphatic rings. The monoisotopic (exact) mass is 254 g/mol. The van der Waals surface area contributed by atoms with Crippen molar-refractivity contribution >= 4 is 11.4 Å². The Kier molecular flexibility index (Phi) is 3.03. The second kappa shape index (κ2) is 4.84. The lowest BCUT2D eigenvalue weighted by Crippen LogP contribution is -2.14. The van der Waals surface area contributed by atoms with E-state index in [4.69, 9.17) is 10.5 Å². The molecule has 0 fully saturated rings. The van der Waals surface area contributed by atoms with E-state index in [9.17, 15) is 0 Å². The van der Waals surface area contributed by atoms with Crippen LogP contribution in [-0.2, 0) is 13.1 Å². The predicted molar refractivity (Wildman–Crippen MR) is 78.4 cm³/mol. The fourth-order valence-electron chi connectivity index (χ4n) is 2.52. The number of hydrogen-bond acceptors (Lipinski definition) is 3. The van der Waals surface area contributed by atoms with Crippen LogP contribution in [-0.4, -0.2) is 6.61 Å². The fourth-order valence-corrected chi connectivity index (χ4v) is 2.52. The topological polar surface area (TPSA) is 38.5 Å². The highest BCUT2D eigenvalue weighted by Gasteiger charge is 2.19. The van der Waals surface area contributed by atoms with Gasteiger partial charge in [-0.2, -0.15) is 0 Å². The molecule has 98 valence electrons. The Balaban J connectivity index is 1.78. The predicted octanol–water partition coefficient (Wildman–Crippen LogP) is 3.19. The van der Waals surface area contributed by atoms with Crippen molar-refractivity contribution in [2.24, 2.45) is 0 Å². The fraction of sp³-hybridized carbons (Fsp3) is 0.250.